The first kappa shape index (κ1) is 21.8. The van der Waals surface area contributed by atoms with Gasteiger partial charge >= 0.3 is 0 Å². The number of hydrogen-bond donors (Lipinski definition) is 3. The standard InChI is InChI=1S/C23H31N3O4/c1-4-24-23(25-12-11-17-5-10-21-22(13-17)29-15-28-21)26-14-20(27)18-6-8-19(9-7-18)30-16(2)3/h5-10,13,16,20,27H,4,11-12,14-15H2,1-3H3,(H2,24,25,26). The number of benzene rings is 2. The molecular formula is C23H31N3O4. The van der Waals surface area contributed by atoms with Crippen LogP contribution in [-0.2, 0) is 6.42 Å². The normalized spacial score (nSPS) is 14.0. The average Bonchev–Trinajstić information content (AvgIpc) is 3.20. The molecule has 7 nitrogen and oxygen atoms in total. The van der Waals surface area contributed by atoms with Gasteiger partial charge in [0.05, 0.1) is 18.8 Å². The van der Waals surface area contributed by atoms with Crippen LogP contribution in [0, 0.1) is 0 Å². The van der Waals surface area contributed by atoms with Crippen molar-refractivity contribution in [3.05, 3.63) is 53.6 Å². The van der Waals surface area contributed by atoms with Crippen molar-refractivity contribution in [1.29, 1.82) is 0 Å². The Morgan fingerprint density at radius 2 is 1.87 bits per heavy atom. The molecule has 1 atom stereocenters. The molecule has 0 aromatic heterocycles. The monoisotopic (exact) mass is 413 g/mol. The molecule has 1 aliphatic rings. The number of hydrogen-bond acceptors (Lipinski definition) is 5. The third-order valence-electron chi connectivity index (χ3n) is 4.55. The van der Waals surface area contributed by atoms with Gasteiger partial charge < -0.3 is 30.0 Å². The Balaban J connectivity index is 1.50. The Morgan fingerprint density at radius 1 is 1.10 bits per heavy atom. The van der Waals surface area contributed by atoms with Crippen LogP contribution in [0.15, 0.2) is 47.5 Å². The lowest BCUT2D eigenvalue weighted by atomic mass is 10.1. The van der Waals surface area contributed by atoms with Gasteiger partial charge in [-0.05, 0) is 62.6 Å². The first-order valence-electron chi connectivity index (χ1n) is 10.4. The van der Waals surface area contributed by atoms with Crippen molar-refractivity contribution in [3.63, 3.8) is 0 Å². The predicted molar refractivity (Wildman–Crippen MR) is 117 cm³/mol. The van der Waals surface area contributed by atoms with Crippen LogP contribution in [0.5, 0.6) is 17.2 Å². The van der Waals surface area contributed by atoms with Gasteiger partial charge in [-0.25, -0.2) is 0 Å². The van der Waals surface area contributed by atoms with E-state index in [2.05, 4.69) is 15.6 Å². The van der Waals surface area contributed by atoms with Gasteiger partial charge in [-0.3, -0.25) is 4.99 Å². The van der Waals surface area contributed by atoms with Crippen LogP contribution in [0.4, 0.5) is 0 Å². The molecule has 7 heteroatoms. The van der Waals surface area contributed by atoms with Gasteiger partial charge in [-0.1, -0.05) is 18.2 Å². The Labute approximate surface area is 178 Å². The van der Waals surface area contributed by atoms with Crippen LogP contribution in [0.1, 0.15) is 38.0 Å². The van der Waals surface area contributed by atoms with E-state index in [9.17, 15) is 5.11 Å². The smallest absolute Gasteiger partial charge is 0.231 e. The molecule has 0 radical (unpaired) electrons. The zero-order chi connectivity index (χ0) is 21.3. The van der Waals surface area contributed by atoms with Crippen LogP contribution >= 0.6 is 0 Å². The predicted octanol–water partition coefficient (Wildman–Crippen LogP) is 3.03. The summed E-state index contributed by atoms with van der Waals surface area (Å²) in [5.41, 5.74) is 1.97. The summed E-state index contributed by atoms with van der Waals surface area (Å²) in [6.45, 7) is 7.99. The van der Waals surface area contributed by atoms with E-state index in [-0.39, 0.29) is 19.4 Å². The van der Waals surface area contributed by atoms with Crippen LogP contribution in [0.2, 0.25) is 0 Å². The molecule has 3 N–H and O–H groups in total. The molecule has 2 aromatic rings. The molecular weight excluding hydrogens is 382 g/mol. The number of rotatable bonds is 9. The highest BCUT2D eigenvalue weighted by Crippen LogP contribution is 2.32. The van der Waals surface area contributed by atoms with Crippen LogP contribution in [-0.4, -0.2) is 43.6 Å². The van der Waals surface area contributed by atoms with Crippen molar-refractivity contribution < 1.29 is 19.3 Å². The van der Waals surface area contributed by atoms with Gasteiger partial charge in [0.15, 0.2) is 17.5 Å². The number of aliphatic imine (C=N–C) groups is 1. The molecule has 1 aliphatic heterocycles. The fraction of sp³-hybridized carbons (Fsp3) is 0.435. The summed E-state index contributed by atoms with van der Waals surface area (Å²) in [5.74, 6) is 3.06. The van der Waals surface area contributed by atoms with Crippen molar-refractivity contribution in [2.75, 3.05) is 26.4 Å². The quantitative estimate of drug-likeness (QED) is 0.433. The number of ether oxygens (including phenoxy) is 3. The van der Waals surface area contributed by atoms with E-state index in [1.165, 1.54) is 0 Å². The van der Waals surface area contributed by atoms with Gasteiger partial charge in [-0.2, -0.15) is 0 Å². The molecule has 30 heavy (non-hydrogen) atoms. The molecule has 0 amide bonds. The number of nitrogens with zero attached hydrogens (tertiary/aromatic N) is 1. The molecule has 1 heterocycles. The zero-order valence-corrected chi connectivity index (χ0v) is 17.9. The summed E-state index contributed by atoms with van der Waals surface area (Å²) >= 11 is 0. The van der Waals surface area contributed by atoms with Crippen molar-refractivity contribution in [2.24, 2.45) is 4.99 Å². The Kier molecular flexibility index (Phi) is 7.79. The first-order chi connectivity index (χ1) is 14.5. The minimum absolute atomic E-state index is 0.122. The molecule has 0 spiro atoms. The fourth-order valence-electron chi connectivity index (χ4n) is 3.09. The zero-order valence-electron chi connectivity index (χ0n) is 17.9. The summed E-state index contributed by atoms with van der Waals surface area (Å²) in [6.07, 6.45) is 0.264. The van der Waals surface area contributed by atoms with Crippen LogP contribution in [0.25, 0.3) is 0 Å². The summed E-state index contributed by atoms with van der Waals surface area (Å²) < 4.78 is 16.4. The maximum absolute atomic E-state index is 10.5. The molecule has 0 saturated carbocycles. The topological polar surface area (TPSA) is 84.3 Å². The number of nitrogens with one attached hydrogen (secondary N) is 2. The Morgan fingerprint density at radius 3 is 2.60 bits per heavy atom. The van der Waals surface area contributed by atoms with Crippen molar-refractivity contribution >= 4 is 5.96 Å². The third kappa shape index (κ3) is 6.29. The lowest BCUT2D eigenvalue weighted by Crippen LogP contribution is -2.38. The van der Waals surface area contributed by atoms with Crippen molar-refractivity contribution in [1.82, 2.24) is 10.6 Å². The Hall–Kier alpha value is -2.93. The van der Waals surface area contributed by atoms with Crippen molar-refractivity contribution in [2.45, 2.75) is 39.4 Å². The largest absolute Gasteiger partial charge is 0.491 e. The molecule has 1 unspecified atom stereocenters. The minimum atomic E-state index is -0.678. The maximum atomic E-state index is 10.5. The Bertz CT molecular complexity index is 837. The van der Waals surface area contributed by atoms with E-state index in [4.69, 9.17) is 14.2 Å². The van der Waals surface area contributed by atoms with Crippen LogP contribution in [0.3, 0.4) is 0 Å². The lowest BCUT2D eigenvalue weighted by molar-refractivity contribution is 0.174. The molecule has 2 aromatic carbocycles. The van der Waals surface area contributed by atoms with E-state index in [1.54, 1.807) is 0 Å². The molecule has 162 valence electrons. The van der Waals surface area contributed by atoms with E-state index in [0.29, 0.717) is 12.5 Å². The number of fused-ring (bicyclic) bond motifs is 1. The van der Waals surface area contributed by atoms with Gasteiger partial charge in [0.1, 0.15) is 5.75 Å². The van der Waals surface area contributed by atoms with Gasteiger partial charge in [-0.15, -0.1) is 0 Å². The summed E-state index contributed by atoms with van der Waals surface area (Å²) in [5, 5.41) is 17.0. The number of aliphatic hydroxyl groups is 1. The van der Waals surface area contributed by atoms with Gasteiger partial charge in [0.2, 0.25) is 6.79 Å². The van der Waals surface area contributed by atoms with E-state index < -0.39 is 6.10 Å². The lowest BCUT2D eigenvalue weighted by Gasteiger charge is -2.14. The highest BCUT2D eigenvalue weighted by molar-refractivity contribution is 5.79. The second-order valence-electron chi connectivity index (χ2n) is 7.34. The SMILES string of the molecule is CCNC(=NCC(O)c1ccc(OC(C)C)cc1)NCCc1ccc2c(c1)OCO2. The average molecular weight is 414 g/mol. The minimum Gasteiger partial charge on any atom is -0.491 e. The highest BCUT2D eigenvalue weighted by atomic mass is 16.7. The second kappa shape index (κ2) is 10.7. The fourth-order valence-corrected chi connectivity index (χ4v) is 3.09. The van der Waals surface area contributed by atoms with Crippen molar-refractivity contribution in [3.8, 4) is 17.2 Å². The first-order valence-corrected chi connectivity index (χ1v) is 10.4. The molecule has 0 aliphatic carbocycles. The molecule has 0 bridgehead atoms. The molecule has 3 rings (SSSR count). The summed E-state index contributed by atoms with van der Waals surface area (Å²) in [4.78, 5) is 4.52. The summed E-state index contributed by atoms with van der Waals surface area (Å²) in [6, 6.07) is 13.5. The van der Waals surface area contributed by atoms with E-state index in [0.717, 1.165) is 41.3 Å². The molecule has 0 fully saturated rings. The van der Waals surface area contributed by atoms with Gasteiger partial charge in [0.25, 0.3) is 0 Å². The van der Waals surface area contributed by atoms with E-state index >= 15 is 0 Å². The highest BCUT2D eigenvalue weighted by Gasteiger charge is 2.13. The third-order valence-corrected chi connectivity index (χ3v) is 4.55. The number of guanidine groups is 1. The number of aliphatic hydroxyl groups excluding tert-OH is 1. The van der Waals surface area contributed by atoms with Gasteiger partial charge in [0, 0.05) is 13.1 Å². The maximum Gasteiger partial charge on any atom is 0.231 e. The van der Waals surface area contributed by atoms with E-state index in [1.807, 2.05) is 63.2 Å². The van der Waals surface area contributed by atoms with Crippen LogP contribution < -0.4 is 24.8 Å². The summed E-state index contributed by atoms with van der Waals surface area (Å²) in [7, 11) is 0. The second-order valence-corrected chi connectivity index (χ2v) is 7.34. The molecule has 0 saturated heterocycles.